The SMILES string of the molecule is CCCOP(=O)(CC(C)N)OCCC. The average Bonchev–Trinajstić information content (AvgIpc) is 2.11. The van der Waals surface area contributed by atoms with Crippen molar-refractivity contribution < 1.29 is 13.6 Å². The monoisotopic (exact) mass is 223 g/mol. The first-order valence-electron chi connectivity index (χ1n) is 5.17. The van der Waals surface area contributed by atoms with Gasteiger partial charge in [-0.15, -0.1) is 0 Å². The Balaban J connectivity index is 4.11. The van der Waals surface area contributed by atoms with Gasteiger partial charge in [0.1, 0.15) is 0 Å². The fourth-order valence-electron chi connectivity index (χ4n) is 0.956. The van der Waals surface area contributed by atoms with Crippen LogP contribution in [0.3, 0.4) is 0 Å². The van der Waals surface area contributed by atoms with Gasteiger partial charge in [-0.2, -0.15) is 0 Å². The van der Waals surface area contributed by atoms with Crippen molar-refractivity contribution in [3.05, 3.63) is 0 Å². The zero-order valence-electron chi connectivity index (χ0n) is 9.36. The molecule has 0 aromatic rings. The average molecular weight is 223 g/mol. The van der Waals surface area contributed by atoms with Crippen molar-refractivity contribution in [3.8, 4) is 0 Å². The lowest BCUT2D eigenvalue weighted by Crippen LogP contribution is -2.21. The molecule has 14 heavy (non-hydrogen) atoms. The number of hydrogen-bond donors (Lipinski definition) is 1. The van der Waals surface area contributed by atoms with Gasteiger partial charge in [-0.05, 0) is 19.8 Å². The second-order valence-corrected chi connectivity index (χ2v) is 5.54. The number of rotatable bonds is 8. The van der Waals surface area contributed by atoms with Crippen molar-refractivity contribution in [1.29, 1.82) is 0 Å². The first-order valence-corrected chi connectivity index (χ1v) is 6.90. The molecule has 0 rings (SSSR count). The fourth-order valence-corrected chi connectivity index (χ4v) is 2.87. The standard InChI is InChI=1S/C9H22NO3P/c1-4-6-12-14(11,8-9(3)10)13-7-5-2/h9H,4-8,10H2,1-3H3. The van der Waals surface area contributed by atoms with Crippen LogP contribution in [0.5, 0.6) is 0 Å². The van der Waals surface area contributed by atoms with Crippen LogP contribution < -0.4 is 5.73 Å². The van der Waals surface area contributed by atoms with Gasteiger partial charge in [-0.1, -0.05) is 13.8 Å². The summed E-state index contributed by atoms with van der Waals surface area (Å²) < 4.78 is 22.5. The van der Waals surface area contributed by atoms with Crippen molar-refractivity contribution >= 4 is 7.60 Å². The van der Waals surface area contributed by atoms with E-state index < -0.39 is 7.60 Å². The van der Waals surface area contributed by atoms with E-state index in [1.54, 1.807) is 6.92 Å². The van der Waals surface area contributed by atoms with Crippen LogP contribution >= 0.6 is 7.60 Å². The third-order valence-electron chi connectivity index (χ3n) is 1.50. The highest BCUT2D eigenvalue weighted by Gasteiger charge is 2.25. The van der Waals surface area contributed by atoms with Crippen molar-refractivity contribution in [2.24, 2.45) is 5.73 Å². The quantitative estimate of drug-likeness (QED) is 0.642. The van der Waals surface area contributed by atoms with Crippen LogP contribution in [-0.4, -0.2) is 25.4 Å². The Bertz CT molecular complexity index is 173. The van der Waals surface area contributed by atoms with Crippen molar-refractivity contribution in [3.63, 3.8) is 0 Å². The molecular formula is C9H22NO3P. The molecule has 0 amide bonds. The van der Waals surface area contributed by atoms with Crippen LogP contribution in [-0.2, 0) is 13.6 Å². The van der Waals surface area contributed by atoms with Gasteiger partial charge >= 0.3 is 7.60 Å². The topological polar surface area (TPSA) is 61.5 Å². The van der Waals surface area contributed by atoms with E-state index in [0.29, 0.717) is 19.4 Å². The van der Waals surface area contributed by atoms with E-state index in [0.717, 1.165) is 12.8 Å². The molecule has 0 heterocycles. The van der Waals surface area contributed by atoms with E-state index in [4.69, 9.17) is 14.8 Å². The Kier molecular flexibility index (Phi) is 7.47. The number of hydrogen-bond acceptors (Lipinski definition) is 4. The summed E-state index contributed by atoms with van der Waals surface area (Å²) in [6, 6.07) is -0.158. The Labute approximate surface area is 86.7 Å². The van der Waals surface area contributed by atoms with Crippen LogP contribution in [0.2, 0.25) is 0 Å². The van der Waals surface area contributed by atoms with Gasteiger partial charge in [-0.3, -0.25) is 4.57 Å². The molecule has 4 nitrogen and oxygen atoms in total. The molecule has 0 aliphatic heterocycles. The van der Waals surface area contributed by atoms with Crippen LogP contribution in [0.25, 0.3) is 0 Å². The van der Waals surface area contributed by atoms with Gasteiger partial charge in [0.15, 0.2) is 0 Å². The molecule has 0 aliphatic rings. The lowest BCUT2D eigenvalue weighted by molar-refractivity contribution is 0.203. The Morgan fingerprint density at radius 2 is 1.64 bits per heavy atom. The van der Waals surface area contributed by atoms with E-state index >= 15 is 0 Å². The highest BCUT2D eigenvalue weighted by Crippen LogP contribution is 2.48. The molecule has 0 aliphatic carbocycles. The van der Waals surface area contributed by atoms with Crippen molar-refractivity contribution in [2.45, 2.75) is 39.7 Å². The summed E-state index contributed by atoms with van der Waals surface area (Å²) >= 11 is 0. The maximum absolute atomic E-state index is 12.0. The molecule has 0 aromatic heterocycles. The largest absolute Gasteiger partial charge is 0.332 e. The molecule has 0 saturated heterocycles. The van der Waals surface area contributed by atoms with Crippen molar-refractivity contribution in [1.82, 2.24) is 0 Å². The maximum Gasteiger partial charge on any atom is 0.332 e. The van der Waals surface area contributed by atoms with Gasteiger partial charge in [-0.25, -0.2) is 0 Å². The van der Waals surface area contributed by atoms with E-state index in [9.17, 15) is 4.57 Å². The zero-order chi connectivity index (χ0) is 11.0. The summed E-state index contributed by atoms with van der Waals surface area (Å²) in [7, 11) is -2.93. The van der Waals surface area contributed by atoms with Gasteiger partial charge < -0.3 is 14.8 Å². The lowest BCUT2D eigenvalue weighted by atomic mass is 10.4. The first kappa shape index (κ1) is 14.1. The van der Waals surface area contributed by atoms with Crippen LogP contribution in [0.15, 0.2) is 0 Å². The van der Waals surface area contributed by atoms with Crippen LogP contribution in [0.4, 0.5) is 0 Å². The normalized spacial score (nSPS) is 14.3. The second kappa shape index (κ2) is 7.41. The lowest BCUT2D eigenvalue weighted by Gasteiger charge is -2.19. The summed E-state index contributed by atoms with van der Waals surface area (Å²) in [6.45, 7) is 6.67. The van der Waals surface area contributed by atoms with Gasteiger partial charge in [0.25, 0.3) is 0 Å². The summed E-state index contributed by atoms with van der Waals surface area (Å²) in [5.74, 6) is 0. The minimum absolute atomic E-state index is 0.158. The molecule has 0 bridgehead atoms. The van der Waals surface area contributed by atoms with Crippen LogP contribution in [0, 0.1) is 0 Å². The van der Waals surface area contributed by atoms with Gasteiger partial charge in [0.2, 0.25) is 0 Å². The highest BCUT2D eigenvalue weighted by atomic mass is 31.2. The Morgan fingerprint density at radius 3 is 1.93 bits per heavy atom. The highest BCUT2D eigenvalue weighted by molar-refractivity contribution is 7.53. The zero-order valence-corrected chi connectivity index (χ0v) is 10.3. The van der Waals surface area contributed by atoms with Gasteiger partial charge in [0, 0.05) is 6.04 Å². The van der Waals surface area contributed by atoms with Gasteiger partial charge in [0.05, 0.1) is 19.4 Å². The second-order valence-electron chi connectivity index (χ2n) is 3.44. The minimum atomic E-state index is -2.93. The molecule has 2 N–H and O–H groups in total. The smallest absolute Gasteiger partial charge is 0.327 e. The Hall–Kier alpha value is 0.110. The minimum Gasteiger partial charge on any atom is -0.327 e. The molecule has 0 aromatic carbocycles. The van der Waals surface area contributed by atoms with E-state index in [1.807, 2.05) is 13.8 Å². The molecule has 1 atom stereocenters. The van der Waals surface area contributed by atoms with E-state index in [2.05, 4.69) is 0 Å². The van der Waals surface area contributed by atoms with Crippen LogP contribution in [0.1, 0.15) is 33.6 Å². The third kappa shape index (κ3) is 6.55. The maximum atomic E-state index is 12.0. The molecule has 0 spiro atoms. The predicted molar refractivity (Wildman–Crippen MR) is 58.6 cm³/mol. The van der Waals surface area contributed by atoms with E-state index in [-0.39, 0.29) is 6.04 Å². The first-order chi connectivity index (χ1) is 6.54. The van der Waals surface area contributed by atoms with Crippen molar-refractivity contribution in [2.75, 3.05) is 19.4 Å². The number of nitrogens with two attached hydrogens (primary N) is 1. The molecule has 0 fully saturated rings. The fraction of sp³-hybridized carbons (Fsp3) is 1.00. The summed E-state index contributed by atoms with van der Waals surface area (Å²) in [6.07, 6.45) is 1.96. The summed E-state index contributed by atoms with van der Waals surface area (Å²) in [5, 5.41) is 0. The molecule has 1 unspecified atom stereocenters. The summed E-state index contributed by atoms with van der Waals surface area (Å²) in [4.78, 5) is 0. The predicted octanol–water partition coefficient (Wildman–Crippen LogP) is 2.38. The molecule has 0 saturated carbocycles. The molecule has 5 heteroatoms. The van der Waals surface area contributed by atoms with E-state index in [1.165, 1.54) is 0 Å². The third-order valence-corrected chi connectivity index (χ3v) is 3.67. The summed E-state index contributed by atoms with van der Waals surface area (Å²) in [5.41, 5.74) is 5.59. The molecule has 86 valence electrons. The molecule has 0 radical (unpaired) electrons. The molecular weight excluding hydrogens is 201 g/mol. The Morgan fingerprint density at radius 1 is 1.21 bits per heavy atom.